The van der Waals surface area contributed by atoms with Crippen LogP contribution >= 0.6 is 0 Å². The Hall–Kier alpha value is -1.10. The lowest BCUT2D eigenvalue weighted by Crippen LogP contribution is -2.48. The van der Waals surface area contributed by atoms with Crippen molar-refractivity contribution in [2.24, 2.45) is 17.6 Å². The predicted octanol–water partition coefficient (Wildman–Crippen LogP) is 0.391. The lowest BCUT2D eigenvalue weighted by atomic mass is 9.79. The van der Waals surface area contributed by atoms with Crippen molar-refractivity contribution in [3.63, 3.8) is 0 Å². The number of carbonyl (C=O) groups excluding carboxylic acids is 2. The second-order valence-corrected chi connectivity index (χ2v) is 5.39. The van der Waals surface area contributed by atoms with Crippen molar-refractivity contribution >= 4 is 11.8 Å². The van der Waals surface area contributed by atoms with Gasteiger partial charge in [0.05, 0.1) is 0 Å². The van der Waals surface area contributed by atoms with Crippen LogP contribution in [0.3, 0.4) is 0 Å². The van der Waals surface area contributed by atoms with Crippen molar-refractivity contribution in [1.82, 2.24) is 10.6 Å². The number of rotatable bonds is 4. The second-order valence-electron chi connectivity index (χ2n) is 5.39. The highest BCUT2D eigenvalue weighted by Gasteiger charge is 2.30. The first-order valence-electron chi connectivity index (χ1n) is 6.77. The van der Waals surface area contributed by atoms with Gasteiger partial charge in [-0.15, -0.1) is 0 Å². The van der Waals surface area contributed by atoms with Gasteiger partial charge in [-0.1, -0.05) is 6.92 Å². The van der Waals surface area contributed by atoms with Crippen LogP contribution in [-0.2, 0) is 9.59 Å². The number of nitrogens with two attached hydrogens (primary N) is 1. The standard InChI is InChI=1S/C13H25N3O2/c1-4-15-12(17)9(3)16-13(18)10-5-8(2)6-11(14)7-10/h8-11H,4-7,14H2,1-3H3,(H,15,17)(H,16,18). The Labute approximate surface area is 109 Å². The molecule has 4 atom stereocenters. The topological polar surface area (TPSA) is 84.2 Å². The number of amides is 2. The molecule has 1 saturated carbocycles. The molecule has 18 heavy (non-hydrogen) atoms. The molecule has 5 nitrogen and oxygen atoms in total. The van der Waals surface area contributed by atoms with Crippen molar-refractivity contribution in [3.8, 4) is 0 Å². The molecule has 4 unspecified atom stereocenters. The summed E-state index contributed by atoms with van der Waals surface area (Å²) >= 11 is 0. The Morgan fingerprint density at radius 3 is 2.56 bits per heavy atom. The second kappa shape index (κ2) is 6.73. The van der Waals surface area contributed by atoms with E-state index in [1.807, 2.05) is 6.92 Å². The molecule has 0 saturated heterocycles. The van der Waals surface area contributed by atoms with Crippen LogP contribution < -0.4 is 16.4 Å². The van der Waals surface area contributed by atoms with E-state index in [-0.39, 0.29) is 23.8 Å². The third-order valence-electron chi connectivity index (χ3n) is 3.45. The van der Waals surface area contributed by atoms with E-state index >= 15 is 0 Å². The highest BCUT2D eigenvalue weighted by molar-refractivity contribution is 5.88. The maximum atomic E-state index is 12.1. The Morgan fingerprint density at radius 2 is 2.00 bits per heavy atom. The van der Waals surface area contributed by atoms with E-state index in [1.54, 1.807) is 6.92 Å². The fourth-order valence-electron chi connectivity index (χ4n) is 2.59. The number of hydrogen-bond acceptors (Lipinski definition) is 3. The minimum Gasteiger partial charge on any atom is -0.355 e. The number of likely N-dealkylation sites (N-methyl/N-ethyl adjacent to an activating group) is 1. The van der Waals surface area contributed by atoms with Gasteiger partial charge in [-0.25, -0.2) is 0 Å². The summed E-state index contributed by atoms with van der Waals surface area (Å²) in [5, 5.41) is 5.46. The molecule has 1 aliphatic carbocycles. The maximum Gasteiger partial charge on any atom is 0.242 e. The van der Waals surface area contributed by atoms with E-state index in [1.165, 1.54) is 0 Å². The van der Waals surface area contributed by atoms with E-state index in [0.717, 1.165) is 19.3 Å². The van der Waals surface area contributed by atoms with Gasteiger partial charge in [-0.2, -0.15) is 0 Å². The van der Waals surface area contributed by atoms with Gasteiger partial charge in [0, 0.05) is 18.5 Å². The maximum absolute atomic E-state index is 12.1. The Balaban J connectivity index is 2.47. The van der Waals surface area contributed by atoms with Crippen LogP contribution in [0.4, 0.5) is 0 Å². The highest BCUT2D eigenvalue weighted by atomic mass is 16.2. The molecular weight excluding hydrogens is 230 g/mol. The normalized spacial score (nSPS) is 29.4. The van der Waals surface area contributed by atoms with E-state index < -0.39 is 6.04 Å². The third-order valence-corrected chi connectivity index (χ3v) is 3.45. The molecule has 0 aromatic rings. The summed E-state index contributed by atoms with van der Waals surface area (Å²) in [6.07, 6.45) is 2.57. The smallest absolute Gasteiger partial charge is 0.242 e. The molecule has 5 heteroatoms. The van der Waals surface area contributed by atoms with Gasteiger partial charge in [-0.05, 0) is 39.0 Å². The average molecular weight is 255 g/mol. The minimum atomic E-state index is -0.481. The number of nitrogens with one attached hydrogen (secondary N) is 2. The van der Waals surface area contributed by atoms with Crippen LogP contribution in [0.15, 0.2) is 0 Å². The van der Waals surface area contributed by atoms with Gasteiger partial charge in [0.25, 0.3) is 0 Å². The van der Waals surface area contributed by atoms with Gasteiger partial charge in [0.15, 0.2) is 0 Å². The molecule has 0 aliphatic heterocycles. The Kier molecular flexibility index (Phi) is 5.59. The monoisotopic (exact) mass is 255 g/mol. The average Bonchev–Trinajstić information content (AvgIpc) is 2.27. The van der Waals surface area contributed by atoms with E-state index in [0.29, 0.717) is 12.5 Å². The molecule has 0 heterocycles. The lowest BCUT2D eigenvalue weighted by molar-refractivity contribution is -0.131. The Morgan fingerprint density at radius 1 is 1.33 bits per heavy atom. The zero-order valence-electron chi connectivity index (χ0n) is 11.5. The molecule has 4 N–H and O–H groups in total. The lowest BCUT2D eigenvalue weighted by Gasteiger charge is -2.31. The molecule has 0 aromatic heterocycles. The van der Waals surface area contributed by atoms with Crippen LogP contribution in [0, 0.1) is 11.8 Å². The molecule has 1 fully saturated rings. The fourth-order valence-corrected chi connectivity index (χ4v) is 2.59. The summed E-state index contributed by atoms with van der Waals surface area (Å²) in [5.74, 6) is 0.236. The molecular formula is C13H25N3O2. The van der Waals surface area contributed by atoms with Crippen molar-refractivity contribution in [2.75, 3.05) is 6.54 Å². The molecule has 0 spiro atoms. The van der Waals surface area contributed by atoms with Crippen LogP contribution in [0.2, 0.25) is 0 Å². The molecule has 0 radical (unpaired) electrons. The van der Waals surface area contributed by atoms with E-state index in [2.05, 4.69) is 17.6 Å². The summed E-state index contributed by atoms with van der Waals surface area (Å²) in [7, 11) is 0. The summed E-state index contributed by atoms with van der Waals surface area (Å²) in [5.41, 5.74) is 5.93. The quantitative estimate of drug-likeness (QED) is 0.679. The first-order valence-corrected chi connectivity index (χ1v) is 6.77. The van der Waals surface area contributed by atoms with Crippen LogP contribution in [0.5, 0.6) is 0 Å². The predicted molar refractivity (Wildman–Crippen MR) is 70.8 cm³/mol. The van der Waals surface area contributed by atoms with Crippen molar-refractivity contribution in [2.45, 2.75) is 52.1 Å². The molecule has 1 rings (SSSR count). The fraction of sp³-hybridized carbons (Fsp3) is 0.846. The van der Waals surface area contributed by atoms with Crippen LogP contribution in [0.1, 0.15) is 40.0 Å². The van der Waals surface area contributed by atoms with Gasteiger partial charge in [-0.3, -0.25) is 9.59 Å². The van der Waals surface area contributed by atoms with Gasteiger partial charge in [0.2, 0.25) is 11.8 Å². The zero-order valence-corrected chi connectivity index (χ0v) is 11.5. The van der Waals surface area contributed by atoms with E-state index in [9.17, 15) is 9.59 Å². The van der Waals surface area contributed by atoms with Crippen molar-refractivity contribution in [1.29, 1.82) is 0 Å². The number of hydrogen-bond donors (Lipinski definition) is 3. The largest absolute Gasteiger partial charge is 0.355 e. The summed E-state index contributed by atoms with van der Waals surface area (Å²) in [6.45, 7) is 6.25. The molecule has 1 aliphatic rings. The van der Waals surface area contributed by atoms with Crippen molar-refractivity contribution in [3.05, 3.63) is 0 Å². The summed E-state index contributed by atoms with van der Waals surface area (Å²) in [6, 6.07) is -0.379. The van der Waals surface area contributed by atoms with Crippen LogP contribution in [-0.4, -0.2) is 30.4 Å². The minimum absolute atomic E-state index is 0.0456. The van der Waals surface area contributed by atoms with Gasteiger partial charge < -0.3 is 16.4 Å². The zero-order chi connectivity index (χ0) is 13.7. The first-order chi connectivity index (χ1) is 8.43. The molecule has 0 bridgehead atoms. The van der Waals surface area contributed by atoms with E-state index in [4.69, 9.17) is 5.73 Å². The SMILES string of the molecule is CCNC(=O)C(C)NC(=O)C1CC(C)CC(N)C1. The van der Waals surface area contributed by atoms with Crippen molar-refractivity contribution < 1.29 is 9.59 Å². The summed E-state index contributed by atoms with van der Waals surface area (Å²) in [4.78, 5) is 23.6. The number of carbonyl (C=O) groups is 2. The van der Waals surface area contributed by atoms with Gasteiger partial charge >= 0.3 is 0 Å². The Bertz CT molecular complexity index is 297. The molecule has 104 valence electrons. The highest BCUT2D eigenvalue weighted by Crippen LogP contribution is 2.28. The molecule has 0 aromatic carbocycles. The molecule has 2 amide bonds. The summed E-state index contributed by atoms with van der Waals surface area (Å²) < 4.78 is 0. The van der Waals surface area contributed by atoms with Crippen LogP contribution in [0.25, 0.3) is 0 Å². The first kappa shape index (κ1) is 15.0. The van der Waals surface area contributed by atoms with Gasteiger partial charge in [0.1, 0.15) is 6.04 Å². The third kappa shape index (κ3) is 4.29.